The molecule has 2 heteroatoms. The topological polar surface area (TPSA) is 9.23 Å². The number of ether oxygens (including phenoxy) is 1. The fourth-order valence-electron chi connectivity index (χ4n) is 4.18. The highest BCUT2D eigenvalue weighted by Gasteiger charge is 2.40. The van der Waals surface area contributed by atoms with E-state index in [1.165, 1.54) is 43.2 Å². The van der Waals surface area contributed by atoms with Gasteiger partial charge in [-0.3, -0.25) is 0 Å². The molecule has 0 heterocycles. The molecule has 0 aliphatic heterocycles. The van der Waals surface area contributed by atoms with Crippen molar-refractivity contribution < 1.29 is 4.74 Å². The third-order valence-electron chi connectivity index (χ3n) is 5.21. The standard InChI is InChI=1S/C17H23BrO/c1-11-7-15(19-2)5-6-16(11)17(18)10-14-9-12-3-4-13(14)8-12/h5-7,12-14,17H,3-4,8-10H2,1-2H3. The number of hydrogen-bond acceptors (Lipinski definition) is 1. The Morgan fingerprint density at radius 3 is 2.74 bits per heavy atom. The van der Waals surface area contributed by atoms with Crippen molar-refractivity contribution in [2.75, 3.05) is 7.11 Å². The maximum atomic E-state index is 5.29. The smallest absolute Gasteiger partial charge is 0.119 e. The Labute approximate surface area is 124 Å². The minimum Gasteiger partial charge on any atom is -0.497 e. The zero-order valence-electron chi connectivity index (χ0n) is 11.9. The van der Waals surface area contributed by atoms with Gasteiger partial charge >= 0.3 is 0 Å². The minimum atomic E-state index is 0.503. The van der Waals surface area contributed by atoms with E-state index >= 15 is 0 Å². The second-order valence-corrected chi connectivity index (χ2v) is 7.47. The van der Waals surface area contributed by atoms with Crippen LogP contribution in [0.2, 0.25) is 0 Å². The van der Waals surface area contributed by atoms with Gasteiger partial charge in [0.25, 0.3) is 0 Å². The van der Waals surface area contributed by atoms with Gasteiger partial charge in [-0.1, -0.05) is 28.4 Å². The van der Waals surface area contributed by atoms with Crippen molar-refractivity contribution in [2.24, 2.45) is 17.8 Å². The van der Waals surface area contributed by atoms with Crippen molar-refractivity contribution in [1.29, 1.82) is 0 Å². The summed E-state index contributed by atoms with van der Waals surface area (Å²) in [5, 5.41) is 0. The minimum absolute atomic E-state index is 0.503. The summed E-state index contributed by atoms with van der Waals surface area (Å²) in [6.45, 7) is 2.19. The Balaban J connectivity index is 1.68. The van der Waals surface area contributed by atoms with Crippen LogP contribution < -0.4 is 4.74 Å². The average Bonchev–Trinajstić information content (AvgIpc) is 3.00. The summed E-state index contributed by atoms with van der Waals surface area (Å²) >= 11 is 3.92. The predicted octanol–water partition coefficient (Wildman–Crippen LogP) is 5.27. The van der Waals surface area contributed by atoms with Gasteiger partial charge in [-0.25, -0.2) is 0 Å². The summed E-state index contributed by atoms with van der Waals surface area (Å²) in [4.78, 5) is 0.503. The van der Waals surface area contributed by atoms with Gasteiger partial charge in [-0.2, -0.15) is 0 Å². The summed E-state index contributed by atoms with van der Waals surface area (Å²) in [6.07, 6.45) is 7.26. The number of methoxy groups -OCH3 is 1. The molecule has 2 aliphatic rings. The summed E-state index contributed by atoms with van der Waals surface area (Å²) in [6, 6.07) is 6.45. The molecule has 2 saturated carbocycles. The molecule has 1 nitrogen and oxygen atoms in total. The quantitative estimate of drug-likeness (QED) is 0.686. The van der Waals surface area contributed by atoms with Gasteiger partial charge in [-0.05, 0) is 73.6 Å². The molecule has 4 atom stereocenters. The molecule has 1 aromatic carbocycles. The van der Waals surface area contributed by atoms with Gasteiger partial charge in [0.05, 0.1) is 7.11 Å². The van der Waals surface area contributed by atoms with Crippen molar-refractivity contribution >= 4 is 15.9 Å². The molecule has 2 fully saturated rings. The molecule has 0 spiro atoms. The summed E-state index contributed by atoms with van der Waals surface area (Å²) < 4.78 is 5.29. The average molecular weight is 323 g/mol. The van der Waals surface area contributed by atoms with Gasteiger partial charge in [0.2, 0.25) is 0 Å². The molecule has 0 N–H and O–H groups in total. The lowest BCUT2D eigenvalue weighted by Crippen LogP contribution is -2.12. The van der Waals surface area contributed by atoms with E-state index in [4.69, 9.17) is 4.74 Å². The first-order chi connectivity index (χ1) is 9.17. The van der Waals surface area contributed by atoms with E-state index in [2.05, 4.69) is 41.1 Å². The zero-order chi connectivity index (χ0) is 13.4. The molecule has 0 amide bonds. The van der Waals surface area contributed by atoms with Crippen molar-refractivity contribution in [1.82, 2.24) is 0 Å². The van der Waals surface area contributed by atoms with Crippen LogP contribution in [0.5, 0.6) is 5.75 Å². The Morgan fingerprint density at radius 2 is 2.16 bits per heavy atom. The fourth-order valence-corrected chi connectivity index (χ4v) is 5.18. The Hall–Kier alpha value is -0.500. The molecule has 1 aromatic rings. The third kappa shape index (κ3) is 2.69. The Morgan fingerprint density at radius 1 is 1.32 bits per heavy atom. The summed E-state index contributed by atoms with van der Waals surface area (Å²) in [5.74, 6) is 3.97. The van der Waals surface area contributed by atoms with Crippen LogP contribution in [0.15, 0.2) is 18.2 Å². The number of alkyl halides is 1. The van der Waals surface area contributed by atoms with E-state index < -0.39 is 0 Å². The number of fused-ring (bicyclic) bond motifs is 2. The van der Waals surface area contributed by atoms with Crippen LogP contribution in [-0.4, -0.2) is 7.11 Å². The maximum Gasteiger partial charge on any atom is 0.119 e. The van der Waals surface area contributed by atoms with Gasteiger partial charge in [0, 0.05) is 4.83 Å². The number of halogens is 1. The van der Waals surface area contributed by atoms with Crippen LogP contribution >= 0.6 is 15.9 Å². The molecule has 0 radical (unpaired) electrons. The number of rotatable bonds is 4. The van der Waals surface area contributed by atoms with E-state index in [9.17, 15) is 0 Å². The van der Waals surface area contributed by atoms with Crippen molar-refractivity contribution in [3.8, 4) is 5.75 Å². The van der Waals surface area contributed by atoms with Crippen LogP contribution in [0.4, 0.5) is 0 Å². The second-order valence-electron chi connectivity index (χ2n) is 6.36. The van der Waals surface area contributed by atoms with Gasteiger partial charge in [0.15, 0.2) is 0 Å². The maximum absolute atomic E-state index is 5.29. The van der Waals surface area contributed by atoms with Gasteiger partial charge in [-0.15, -0.1) is 0 Å². The monoisotopic (exact) mass is 322 g/mol. The number of hydrogen-bond donors (Lipinski definition) is 0. The Kier molecular flexibility index (Phi) is 3.88. The predicted molar refractivity (Wildman–Crippen MR) is 83.0 cm³/mol. The summed E-state index contributed by atoms with van der Waals surface area (Å²) in [5.41, 5.74) is 2.77. The van der Waals surface area contributed by atoms with Crippen LogP contribution in [0.1, 0.15) is 48.1 Å². The first-order valence-electron chi connectivity index (χ1n) is 7.46. The highest BCUT2D eigenvalue weighted by atomic mass is 79.9. The zero-order valence-corrected chi connectivity index (χ0v) is 13.4. The van der Waals surface area contributed by atoms with Crippen molar-refractivity contribution in [3.05, 3.63) is 29.3 Å². The summed E-state index contributed by atoms with van der Waals surface area (Å²) in [7, 11) is 1.73. The molecule has 0 saturated heterocycles. The lowest BCUT2D eigenvalue weighted by Gasteiger charge is -2.25. The molecule has 104 valence electrons. The number of benzene rings is 1. The molecule has 0 aromatic heterocycles. The normalized spacial score (nSPS) is 30.6. The molecular formula is C17H23BrO. The van der Waals surface area contributed by atoms with Crippen LogP contribution in [0, 0.1) is 24.7 Å². The SMILES string of the molecule is COc1ccc(C(Br)CC2CC3CCC2C3)c(C)c1. The van der Waals surface area contributed by atoms with E-state index in [0.29, 0.717) is 4.83 Å². The van der Waals surface area contributed by atoms with Crippen LogP contribution in [-0.2, 0) is 0 Å². The molecule has 2 bridgehead atoms. The fraction of sp³-hybridized carbons (Fsp3) is 0.647. The second kappa shape index (κ2) is 5.47. The lowest BCUT2D eigenvalue weighted by molar-refractivity contribution is 0.314. The van der Waals surface area contributed by atoms with Crippen LogP contribution in [0.3, 0.4) is 0 Å². The highest BCUT2D eigenvalue weighted by molar-refractivity contribution is 9.09. The third-order valence-corrected chi connectivity index (χ3v) is 6.08. The Bertz CT molecular complexity index is 457. The highest BCUT2D eigenvalue weighted by Crippen LogP contribution is 2.52. The number of aryl methyl sites for hydroxylation is 1. The van der Waals surface area contributed by atoms with Crippen LogP contribution in [0.25, 0.3) is 0 Å². The first kappa shape index (κ1) is 13.5. The molecule has 3 rings (SSSR count). The van der Waals surface area contributed by atoms with Gasteiger partial charge < -0.3 is 4.74 Å². The van der Waals surface area contributed by atoms with E-state index in [1.807, 2.05) is 0 Å². The van der Waals surface area contributed by atoms with Gasteiger partial charge in [0.1, 0.15) is 5.75 Å². The van der Waals surface area contributed by atoms with E-state index in [-0.39, 0.29) is 0 Å². The first-order valence-corrected chi connectivity index (χ1v) is 8.37. The lowest BCUT2D eigenvalue weighted by atomic mass is 9.84. The molecule has 2 aliphatic carbocycles. The molecule has 19 heavy (non-hydrogen) atoms. The van der Waals surface area contributed by atoms with E-state index in [1.54, 1.807) is 7.11 Å². The molecule has 4 unspecified atom stereocenters. The molecular weight excluding hydrogens is 300 g/mol. The largest absolute Gasteiger partial charge is 0.497 e. The van der Waals surface area contributed by atoms with E-state index in [0.717, 1.165) is 23.5 Å². The van der Waals surface area contributed by atoms with Crippen molar-refractivity contribution in [3.63, 3.8) is 0 Å². The van der Waals surface area contributed by atoms with Crippen molar-refractivity contribution in [2.45, 2.75) is 43.9 Å².